The number of hydrogen-bond donors (Lipinski definition) is 2. The van der Waals surface area contributed by atoms with E-state index in [2.05, 4.69) is 10.1 Å². The molecule has 0 aromatic carbocycles. The van der Waals surface area contributed by atoms with Crippen molar-refractivity contribution in [3.05, 3.63) is 28.4 Å². The number of hydrogen-bond acceptors (Lipinski definition) is 6. The molecule has 10 heteroatoms. The summed E-state index contributed by atoms with van der Waals surface area (Å²) >= 11 is 0. The second-order valence-corrected chi connectivity index (χ2v) is 9.02. The van der Waals surface area contributed by atoms with Crippen LogP contribution in [0, 0.1) is 6.92 Å². The maximum Gasteiger partial charge on any atom is 0.349 e. The molecule has 1 aliphatic rings. The van der Waals surface area contributed by atoms with Crippen LogP contribution in [0.2, 0.25) is 0 Å². The SMILES string of the molecule is Cc1ccn([C@@H]2O[C@H](COP(C)(=O)NC(C)C)[C@@H](O)[C@@]2(C)F)c(=O)n1. The fourth-order valence-corrected chi connectivity index (χ4v) is 4.19. The average Bonchev–Trinajstić information content (AvgIpc) is 2.67. The van der Waals surface area contributed by atoms with Crippen LogP contribution < -0.4 is 10.8 Å². The molecule has 25 heavy (non-hydrogen) atoms. The number of nitrogens with zero attached hydrogens (tertiary/aromatic N) is 2. The summed E-state index contributed by atoms with van der Waals surface area (Å²) in [5.74, 6) is 0. The van der Waals surface area contributed by atoms with Gasteiger partial charge in [0.2, 0.25) is 0 Å². The second-order valence-electron chi connectivity index (χ2n) is 6.81. The first-order chi connectivity index (χ1) is 11.4. The molecule has 0 amide bonds. The summed E-state index contributed by atoms with van der Waals surface area (Å²) < 4.78 is 39.1. The quantitative estimate of drug-likeness (QED) is 0.722. The van der Waals surface area contributed by atoms with Gasteiger partial charge in [-0.3, -0.25) is 9.13 Å². The number of halogens is 1. The number of aliphatic hydroxyl groups is 1. The Bertz CT molecular complexity index is 723. The van der Waals surface area contributed by atoms with E-state index >= 15 is 4.39 Å². The van der Waals surface area contributed by atoms with Gasteiger partial charge in [0.05, 0.1) is 6.61 Å². The molecule has 1 aromatic heterocycles. The number of aliphatic hydroxyl groups excluding tert-OH is 1. The van der Waals surface area contributed by atoms with Crippen molar-refractivity contribution in [1.82, 2.24) is 14.6 Å². The molecule has 8 nitrogen and oxygen atoms in total. The predicted octanol–water partition coefficient (Wildman–Crippen LogP) is 1.38. The smallest absolute Gasteiger partial charge is 0.349 e. The lowest BCUT2D eigenvalue weighted by Gasteiger charge is -2.24. The van der Waals surface area contributed by atoms with Gasteiger partial charge in [-0.15, -0.1) is 0 Å². The van der Waals surface area contributed by atoms with Crippen molar-refractivity contribution in [2.45, 2.75) is 57.8 Å². The molecule has 2 N–H and O–H groups in total. The molecule has 1 unspecified atom stereocenters. The highest BCUT2D eigenvalue weighted by Crippen LogP contribution is 2.44. The van der Waals surface area contributed by atoms with Crippen LogP contribution in [0.25, 0.3) is 0 Å². The predicted molar refractivity (Wildman–Crippen MR) is 90.4 cm³/mol. The van der Waals surface area contributed by atoms with Crippen molar-refractivity contribution in [2.24, 2.45) is 0 Å². The third kappa shape index (κ3) is 4.54. The van der Waals surface area contributed by atoms with Crippen LogP contribution in [0.4, 0.5) is 4.39 Å². The molecule has 0 saturated carbocycles. The van der Waals surface area contributed by atoms with Crippen LogP contribution >= 0.6 is 7.52 Å². The summed E-state index contributed by atoms with van der Waals surface area (Å²) in [6.07, 6.45) is -2.61. The summed E-state index contributed by atoms with van der Waals surface area (Å²) in [5, 5.41) is 13.0. The molecule has 1 fully saturated rings. The highest BCUT2D eigenvalue weighted by atomic mass is 31.2. The molecule has 1 aromatic rings. The molecule has 2 rings (SSSR count). The third-order valence-electron chi connectivity index (χ3n) is 3.92. The van der Waals surface area contributed by atoms with E-state index in [0.717, 1.165) is 11.5 Å². The fourth-order valence-electron chi connectivity index (χ4n) is 2.75. The van der Waals surface area contributed by atoms with Gasteiger partial charge in [0.1, 0.15) is 12.2 Å². The minimum absolute atomic E-state index is 0.0679. The molecule has 0 aliphatic carbocycles. The monoisotopic (exact) mass is 377 g/mol. The van der Waals surface area contributed by atoms with Gasteiger partial charge < -0.3 is 14.4 Å². The van der Waals surface area contributed by atoms with Crippen LogP contribution in [-0.4, -0.2) is 51.8 Å². The molecular weight excluding hydrogens is 352 g/mol. The van der Waals surface area contributed by atoms with E-state index in [9.17, 15) is 14.5 Å². The number of aryl methyl sites for hydroxylation is 1. The number of rotatable bonds is 6. The van der Waals surface area contributed by atoms with Crippen molar-refractivity contribution in [3.8, 4) is 0 Å². The van der Waals surface area contributed by atoms with Gasteiger partial charge in [0.25, 0.3) is 7.52 Å². The summed E-state index contributed by atoms with van der Waals surface area (Å²) in [6, 6.07) is 1.48. The van der Waals surface area contributed by atoms with Crippen molar-refractivity contribution >= 4 is 7.52 Å². The minimum Gasteiger partial charge on any atom is -0.387 e. The van der Waals surface area contributed by atoms with E-state index in [4.69, 9.17) is 9.26 Å². The van der Waals surface area contributed by atoms with Gasteiger partial charge in [-0.25, -0.2) is 14.3 Å². The number of ether oxygens (including phenoxy) is 1. The zero-order chi connectivity index (χ0) is 19.0. The Morgan fingerprint density at radius 3 is 2.80 bits per heavy atom. The first kappa shape index (κ1) is 20.2. The molecule has 1 aliphatic heterocycles. The normalized spacial score (nSPS) is 32.1. The Morgan fingerprint density at radius 1 is 1.60 bits per heavy atom. The molecule has 0 radical (unpaired) electrons. The van der Waals surface area contributed by atoms with E-state index in [0.29, 0.717) is 5.69 Å². The Labute approximate surface area is 145 Å². The maximum absolute atomic E-state index is 15.0. The van der Waals surface area contributed by atoms with Crippen LogP contribution in [0.15, 0.2) is 17.1 Å². The van der Waals surface area contributed by atoms with Gasteiger partial charge in [-0.2, -0.15) is 4.98 Å². The van der Waals surface area contributed by atoms with Gasteiger partial charge in [0.15, 0.2) is 11.9 Å². The lowest BCUT2D eigenvalue weighted by atomic mass is 9.98. The lowest BCUT2D eigenvalue weighted by molar-refractivity contribution is -0.0584. The Hall–Kier alpha value is -1.12. The van der Waals surface area contributed by atoms with Crippen molar-refractivity contribution < 1.29 is 23.3 Å². The molecule has 2 heterocycles. The largest absolute Gasteiger partial charge is 0.387 e. The van der Waals surface area contributed by atoms with Crippen LogP contribution in [0.5, 0.6) is 0 Å². The topological polar surface area (TPSA) is 103 Å². The second kappa shape index (κ2) is 7.25. The summed E-state index contributed by atoms with van der Waals surface area (Å²) in [5.41, 5.74) is -2.42. The summed E-state index contributed by atoms with van der Waals surface area (Å²) in [4.78, 5) is 15.7. The minimum atomic E-state index is -3.12. The molecule has 5 atom stereocenters. The third-order valence-corrected chi connectivity index (χ3v) is 5.54. The molecule has 1 saturated heterocycles. The van der Waals surface area contributed by atoms with Crippen LogP contribution in [0.1, 0.15) is 32.7 Å². The Kier molecular flexibility index (Phi) is 5.85. The zero-order valence-electron chi connectivity index (χ0n) is 15.0. The molecule has 142 valence electrons. The highest BCUT2D eigenvalue weighted by molar-refractivity contribution is 7.56. The fraction of sp³-hybridized carbons (Fsp3) is 0.733. The Morgan fingerprint density at radius 2 is 2.24 bits per heavy atom. The lowest BCUT2D eigenvalue weighted by Crippen LogP contribution is -2.43. The van der Waals surface area contributed by atoms with E-state index < -0.39 is 37.3 Å². The van der Waals surface area contributed by atoms with E-state index in [1.54, 1.807) is 13.0 Å². The maximum atomic E-state index is 15.0. The molecule has 0 bridgehead atoms. The summed E-state index contributed by atoms with van der Waals surface area (Å²) in [6.45, 7) is 7.53. The molecule has 0 spiro atoms. The highest BCUT2D eigenvalue weighted by Gasteiger charge is 2.55. The van der Waals surface area contributed by atoms with E-state index in [1.807, 2.05) is 13.8 Å². The van der Waals surface area contributed by atoms with Gasteiger partial charge in [0, 0.05) is 24.6 Å². The standard InChI is InChI=1S/C15H25FN3O5P/c1-9(2)18-25(5,22)23-8-11-12(20)15(4,16)13(24-11)19-7-6-10(3)17-14(19)21/h6-7,9,11-13,20H,8H2,1-5H3,(H,18,22)/t11-,12-,13-,15-,25?/m1/s1. The van der Waals surface area contributed by atoms with Gasteiger partial charge in [-0.05, 0) is 33.8 Å². The van der Waals surface area contributed by atoms with Crippen LogP contribution in [0.3, 0.4) is 0 Å². The van der Waals surface area contributed by atoms with Crippen LogP contribution in [-0.2, 0) is 13.8 Å². The number of nitrogens with one attached hydrogen (secondary N) is 1. The van der Waals surface area contributed by atoms with Crippen molar-refractivity contribution in [3.63, 3.8) is 0 Å². The number of alkyl halides is 1. The van der Waals surface area contributed by atoms with Gasteiger partial charge in [-0.1, -0.05) is 0 Å². The van der Waals surface area contributed by atoms with Gasteiger partial charge >= 0.3 is 5.69 Å². The van der Waals surface area contributed by atoms with Crippen molar-refractivity contribution in [2.75, 3.05) is 13.3 Å². The average molecular weight is 377 g/mol. The molecular formula is C15H25FN3O5P. The van der Waals surface area contributed by atoms with E-state index in [-0.39, 0.29) is 12.6 Å². The first-order valence-corrected chi connectivity index (χ1v) is 10.1. The Balaban J connectivity index is 2.16. The van der Waals surface area contributed by atoms with E-state index in [1.165, 1.54) is 12.9 Å². The number of aromatic nitrogens is 2. The zero-order valence-corrected chi connectivity index (χ0v) is 15.9. The first-order valence-electron chi connectivity index (χ1n) is 8.02. The van der Waals surface area contributed by atoms with Crippen molar-refractivity contribution in [1.29, 1.82) is 0 Å². The summed E-state index contributed by atoms with van der Waals surface area (Å²) in [7, 11) is -3.12.